The Bertz CT molecular complexity index is 208. The first kappa shape index (κ1) is 8.96. The summed E-state index contributed by atoms with van der Waals surface area (Å²) in [6.07, 6.45) is 1.07. The molecule has 0 aliphatic heterocycles. The molecular weight excluding hydrogens is 166 g/mol. The second-order valence-corrected chi connectivity index (χ2v) is 4.82. The van der Waals surface area contributed by atoms with Crippen LogP contribution in [0.2, 0.25) is 0 Å². The zero-order valence-electron chi connectivity index (χ0n) is 6.45. The Labute approximate surface area is 66.7 Å². The molecule has 1 fully saturated rings. The number of rotatable bonds is 4. The molecule has 0 saturated heterocycles. The lowest BCUT2D eigenvalue weighted by Gasteiger charge is -2.06. The van der Waals surface area contributed by atoms with Gasteiger partial charge in [0.15, 0.2) is 0 Å². The largest absolute Gasteiger partial charge is 0.392 e. The lowest BCUT2D eigenvalue weighted by atomic mass is 10.5. The molecule has 0 bridgehead atoms. The highest BCUT2D eigenvalue weighted by Gasteiger charge is 2.27. The minimum absolute atomic E-state index is 0.138. The summed E-state index contributed by atoms with van der Waals surface area (Å²) in [5.74, 6) is -0.191. The van der Waals surface area contributed by atoms with Crippen molar-refractivity contribution in [2.24, 2.45) is 0 Å². The van der Waals surface area contributed by atoms with Crippen molar-refractivity contribution in [3.63, 3.8) is 0 Å². The van der Waals surface area contributed by atoms with E-state index in [1.807, 2.05) is 0 Å². The third-order valence-corrected chi connectivity index (χ3v) is 3.00. The highest BCUT2D eigenvalue weighted by Crippen LogP contribution is 2.19. The molecule has 0 aromatic rings. The minimum Gasteiger partial charge on any atom is -0.392 e. The first-order chi connectivity index (χ1) is 4.99. The van der Waals surface area contributed by atoms with Gasteiger partial charge in [-0.15, -0.1) is 0 Å². The molecule has 1 atom stereocenters. The van der Waals surface area contributed by atoms with Crippen LogP contribution in [0.4, 0.5) is 0 Å². The Hall–Kier alpha value is -0.130. The zero-order valence-corrected chi connectivity index (χ0v) is 7.26. The van der Waals surface area contributed by atoms with Crippen LogP contribution in [-0.4, -0.2) is 31.4 Å². The number of aliphatic hydroxyl groups is 1. The molecule has 0 amide bonds. The molecule has 11 heavy (non-hydrogen) atoms. The molecular formula is C6H13NO3S. The Kier molecular flexibility index (Phi) is 2.51. The SMILES string of the molecule is CC(O)CS(=O)(=O)NC1CC1. The molecule has 66 valence electrons. The lowest BCUT2D eigenvalue weighted by Crippen LogP contribution is -2.32. The van der Waals surface area contributed by atoms with Crippen LogP contribution in [0.1, 0.15) is 19.8 Å². The van der Waals surface area contributed by atoms with Crippen molar-refractivity contribution in [1.82, 2.24) is 4.72 Å². The summed E-state index contributed by atoms with van der Waals surface area (Å²) in [7, 11) is -3.22. The maximum atomic E-state index is 11.0. The molecule has 1 aliphatic carbocycles. The standard InChI is InChI=1S/C6H13NO3S/c1-5(8)4-11(9,10)7-6-2-3-6/h5-8H,2-4H2,1H3. The summed E-state index contributed by atoms with van der Waals surface area (Å²) in [6, 6.07) is 0.138. The Morgan fingerprint density at radius 2 is 2.18 bits per heavy atom. The Morgan fingerprint density at radius 1 is 1.64 bits per heavy atom. The van der Waals surface area contributed by atoms with Crippen LogP contribution in [0.15, 0.2) is 0 Å². The van der Waals surface area contributed by atoms with E-state index in [9.17, 15) is 8.42 Å². The molecule has 0 radical (unpaired) electrons. The van der Waals surface area contributed by atoms with Gasteiger partial charge in [-0.05, 0) is 19.8 Å². The average molecular weight is 179 g/mol. The summed E-state index contributed by atoms with van der Waals surface area (Å²) < 4.78 is 24.5. The molecule has 0 aromatic carbocycles. The summed E-state index contributed by atoms with van der Waals surface area (Å²) in [4.78, 5) is 0. The van der Waals surface area contributed by atoms with E-state index < -0.39 is 16.1 Å². The molecule has 5 heteroatoms. The van der Waals surface area contributed by atoms with Crippen molar-refractivity contribution >= 4 is 10.0 Å². The van der Waals surface area contributed by atoms with Crippen LogP contribution in [0, 0.1) is 0 Å². The third-order valence-electron chi connectivity index (χ3n) is 1.38. The van der Waals surface area contributed by atoms with Crippen molar-refractivity contribution in [2.75, 3.05) is 5.75 Å². The molecule has 0 heterocycles. The molecule has 4 nitrogen and oxygen atoms in total. The van der Waals surface area contributed by atoms with Crippen molar-refractivity contribution < 1.29 is 13.5 Å². The van der Waals surface area contributed by atoms with Gasteiger partial charge in [0.05, 0.1) is 11.9 Å². The van der Waals surface area contributed by atoms with Gasteiger partial charge in [0.1, 0.15) is 0 Å². The predicted octanol–water partition coefficient (Wildman–Crippen LogP) is -0.551. The quantitative estimate of drug-likeness (QED) is 0.608. The van der Waals surface area contributed by atoms with E-state index in [2.05, 4.69) is 4.72 Å². The molecule has 1 unspecified atom stereocenters. The Balaban J connectivity index is 2.38. The number of aliphatic hydroxyl groups excluding tert-OH is 1. The minimum atomic E-state index is -3.22. The molecule has 1 aliphatic rings. The lowest BCUT2D eigenvalue weighted by molar-refractivity contribution is 0.217. The van der Waals surface area contributed by atoms with Crippen molar-refractivity contribution in [3.8, 4) is 0 Å². The fourth-order valence-electron chi connectivity index (χ4n) is 0.821. The van der Waals surface area contributed by atoms with Crippen LogP contribution < -0.4 is 4.72 Å². The normalized spacial score (nSPS) is 21.6. The van der Waals surface area contributed by atoms with Gasteiger partial charge in [-0.3, -0.25) is 0 Å². The topological polar surface area (TPSA) is 66.4 Å². The van der Waals surface area contributed by atoms with Crippen molar-refractivity contribution in [2.45, 2.75) is 31.9 Å². The van der Waals surface area contributed by atoms with E-state index in [-0.39, 0.29) is 11.8 Å². The average Bonchev–Trinajstić information content (AvgIpc) is 2.43. The van der Waals surface area contributed by atoms with Gasteiger partial charge in [-0.1, -0.05) is 0 Å². The van der Waals surface area contributed by atoms with Crippen molar-refractivity contribution in [3.05, 3.63) is 0 Å². The van der Waals surface area contributed by atoms with E-state index in [0.29, 0.717) is 0 Å². The van der Waals surface area contributed by atoms with Crippen LogP contribution in [0.25, 0.3) is 0 Å². The zero-order chi connectivity index (χ0) is 8.48. The van der Waals surface area contributed by atoms with Gasteiger partial charge >= 0.3 is 0 Å². The fourth-order valence-corrected chi connectivity index (χ4v) is 2.30. The Morgan fingerprint density at radius 3 is 2.55 bits per heavy atom. The first-order valence-corrected chi connectivity index (χ1v) is 5.33. The highest BCUT2D eigenvalue weighted by atomic mass is 32.2. The molecule has 1 rings (SSSR count). The van der Waals surface area contributed by atoms with Crippen molar-refractivity contribution in [1.29, 1.82) is 0 Å². The van der Waals surface area contributed by atoms with Gasteiger partial charge in [0, 0.05) is 6.04 Å². The summed E-state index contributed by atoms with van der Waals surface area (Å²) in [6.45, 7) is 1.46. The van der Waals surface area contributed by atoms with E-state index in [1.165, 1.54) is 6.92 Å². The maximum Gasteiger partial charge on any atom is 0.214 e. The van der Waals surface area contributed by atoms with E-state index in [0.717, 1.165) is 12.8 Å². The van der Waals surface area contributed by atoms with Gasteiger partial charge in [0.2, 0.25) is 10.0 Å². The summed E-state index contributed by atoms with van der Waals surface area (Å²) in [5, 5.41) is 8.80. The van der Waals surface area contributed by atoms with Gasteiger partial charge in [-0.25, -0.2) is 13.1 Å². The van der Waals surface area contributed by atoms with Crippen LogP contribution in [0.3, 0.4) is 0 Å². The second kappa shape index (κ2) is 3.08. The maximum absolute atomic E-state index is 11.0. The highest BCUT2D eigenvalue weighted by molar-refractivity contribution is 7.89. The number of hydrogen-bond donors (Lipinski definition) is 2. The number of nitrogens with one attached hydrogen (secondary N) is 1. The first-order valence-electron chi connectivity index (χ1n) is 3.68. The second-order valence-electron chi connectivity index (χ2n) is 3.02. The van der Waals surface area contributed by atoms with Crippen LogP contribution in [0.5, 0.6) is 0 Å². The van der Waals surface area contributed by atoms with Gasteiger partial charge in [-0.2, -0.15) is 0 Å². The molecule has 1 saturated carbocycles. The number of hydrogen-bond acceptors (Lipinski definition) is 3. The van der Waals surface area contributed by atoms with Crippen LogP contribution >= 0.6 is 0 Å². The van der Waals surface area contributed by atoms with E-state index >= 15 is 0 Å². The smallest absolute Gasteiger partial charge is 0.214 e. The molecule has 0 spiro atoms. The molecule has 0 aromatic heterocycles. The monoisotopic (exact) mass is 179 g/mol. The summed E-state index contributed by atoms with van der Waals surface area (Å²) in [5.41, 5.74) is 0. The van der Waals surface area contributed by atoms with Gasteiger partial charge in [0.25, 0.3) is 0 Å². The predicted molar refractivity (Wildman–Crippen MR) is 41.6 cm³/mol. The third kappa shape index (κ3) is 3.69. The molecule has 2 N–H and O–H groups in total. The summed E-state index contributed by atoms with van der Waals surface area (Å²) >= 11 is 0. The van der Waals surface area contributed by atoms with Crippen LogP contribution in [-0.2, 0) is 10.0 Å². The fraction of sp³-hybridized carbons (Fsp3) is 1.00. The van der Waals surface area contributed by atoms with E-state index in [4.69, 9.17) is 5.11 Å². The number of sulfonamides is 1. The van der Waals surface area contributed by atoms with Gasteiger partial charge < -0.3 is 5.11 Å². The van der Waals surface area contributed by atoms with E-state index in [1.54, 1.807) is 0 Å².